The van der Waals surface area contributed by atoms with E-state index in [4.69, 9.17) is 4.74 Å². The van der Waals surface area contributed by atoms with Crippen molar-refractivity contribution in [2.45, 2.75) is 4.90 Å². The van der Waals surface area contributed by atoms with Gasteiger partial charge < -0.3 is 10.1 Å². The third-order valence-corrected chi connectivity index (χ3v) is 4.28. The van der Waals surface area contributed by atoms with Gasteiger partial charge in [0, 0.05) is 10.6 Å². The summed E-state index contributed by atoms with van der Waals surface area (Å²) in [5.74, 6) is 1.09. The Labute approximate surface area is 143 Å². The molecule has 0 aliphatic rings. The average Bonchev–Trinajstić information content (AvgIpc) is 3.16. The van der Waals surface area contributed by atoms with Crippen LogP contribution >= 0.6 is 11.8 Å². The number of aromatic nitrogens is 3. The number of carbonyl (C=O) groups is 1. The summed E-state index contributed by atoms with van der Waals surface area (Å²) in [5.41, 5.74) is 1.64. The summed E-state index contributed by atoms with van der Waals surface area (Å²) >= 11 is 1.48. The number of methoxy groups -OCH3 is 1. The maximum atomic E-state index is 12.0. The molecule has 7 heteroatoms. The monoisotopic (exact) mass is 340 g/mol. The van der Waals surface area contributed by atoms with Gasteiger partial charge in [0.05, 0.1) is 18.6 Å². The zero-order chi connectivity index (χ0) is 16.8. The molecule has 1 amide bonds. The summed E-state index contributed by atoms with van der Waals surface area (Å²) in [5, 5.41) is 6.94. The number of benzene rings is 2. The van der Waals surface area contributed by atoms with Crippen molar-refractivity contribution in [2.24, 2.45) is 0 Å². The van der Waals surface area contributed by atoms with E-state index in [2.05, 4.69) is 15.4 Å². The molecule has 0 aliphatic heterocycles. The van der Waals surface area contributed by atoms with E-state index >= 15 is 0 Å². The molecule has 0 atom stereocenters. The number of thioether (sulfide) groups is 1. The second-order valence-corrected chi connectivity index (χ2v) is 5.95. The van der Waals surface area contributed by atoms with Crippen LogP contribution in [-0.4, -0.2) is 33.5 Å². The highest BCUT2D eigenvalue weighted by Crippen LogP contribution is 2.21. The first-order chi connectivity index (χ1) is 11.7. The van der Waals surface area contributed by atoms with Crippen LogP contribution in [0.25, 0.3) is 5.69 Å². The van der Waals surface area contributed by atoms with Crippen LogP contribution in [-0.2, 0) is 4.79 Å². The van der Waals surface area contributed by atoms with Crippen molar-refractivity contribution < 1.29 is 9.53 Å². The molecule has 24 heavy (non-hydrogen) atoms. The highest BCUT2D eigenvalue weighted by Gasteiger charge is 2.05. The molecule has 0 saturated carbocycles. The van der Waals surface area contributed by atoms with Gasteiger partial charge in [-0.2, -0.15) is 5.10 Å². The van der Waals surface area contributed by atoms with Crippen molar-refractivity contribution in [3.05, 3.63) is 61.2 Å². The minimum Gasteiger partial charge on any atom is -0.497 e. The van der Waals surface area contributed by atoms with Gasteiger partial charge in [0.25, 0.3) is 0 Å². The normalized spacial score (nSPS) is 10.4. The molecular weight excluding hydrogens is 324 g/mol. The Morgan fingerprint density at radius 2 is 1.92 bits per heavy atom. The van der Waals surface area contributed by atoms with E-state index in [0.717, 1.165) is 22.0 Å². The number of carbonyl (C=O) groups excluding carboxylic acids is 1. The van der Waals surface area contributed by atoms with Crippen LogP contribution < -0.4 is 10.1 Å². The maximum absolute atomic E-state index is 12.0. The molecular formula is C17H16N4O2S. The lowest BCUT2D eigenvalue weighted by Crippen LogP contribution is -2.13. The molecule has 2 aromatic carbocycles. The van der Waals surface area contributed by atoms with Gasteiger partial charge in [-0.25, -0.2) is 9.67 Å². The number of amides is 1. The minimum atomic E-state index is -0.0516. The van der Waals surface area contributed by atoms with Crippen LogP contribution in [0.1, 0.15) is 0 Å². The van der Waals surface area contributed by atoms with Gasteiger partial charge in [-0.05, 0) is 48.5 Å². The van der Waals surface area contributed by atoms with Gasteiger partial charge in [0.15, 0.2) is 0 Å². The molecule has 1 aromatic heterocycles. The summed E-state index contributed by atoms with van der Waals surface area (Å²) in [4.78, 5) is 17.0. The van der Waals surface area contributed by atoms with Crippen molar-refractivity contribution in [3.63, 3.8) is 0 Å². The van der Waals surface area contributed by atoms with Gasteiger partial charge in [-0.15, -0.1) is 11.8 Å². The second kappa shape index (κ2) is 7.65. The number of ether oxygens (including phenoxy) is 1. The van der Waals surface area contributed by atoms with E-state index in [0.29, 0.717) is 5.75 Å². The molecule has 1 N–H and O–H groups in total. The molecule has 0 spiro atoms. The second-order valence-electron chi connectivity index (χ2n) is 4.90. The lowest BCUT2D eigenvalue weighted by atomic mass is 10.3. The van der Waals surface area contributed by atoms with E-state index in [-0.39, 0.29) is 5.91 Å². The Kier molecular flexibility index (Phi) is 5.12. The first-order valence-electron chi connectivity index (χ1n) is 7.26. The van der Waals surface area contributed by atoms with Crippen LogP contribution in [0.3, 0.4) is 0 Å². The zero-order valence-electron chi connectivity index (χ0n) is 13.0. The molecule has 3 aromatic rings. The van der Waals surface area contributed by atoms with Crippen LogP contribution in [0.4, 0.5) is 5.69 Å². The third-order valence-electron chi connectivity index (χ3n) is 3.26. The molecule has 0 unspecified atom stereocenters. The molecule has 1 heterocycles. The Balaban J connectivity index is 1.52. The van der Waals surface area contributed by atoms with E-state index < -0.39 is 0 Å². The molecule has 0 aliphatic carbocycles. The van der Waals surface area contributed by atoms with E-state index in [1.807, 2.05) is 48.5 Å². The van der Waals surface area contributed by atoms with Gasteiger partial charge >= 0.3 is 0 Å². The van der Waals surface area contributed by atoms with Crippen LogP contribution in [0.15, 0.2) is 66.1 Å². The topological polar surface area (TPSA) is 69.0 Å². The van der Waals surface area contributed by atoms with Gasteiger partial charge in [0.1, 0.15) is 18.4 Å². The maximum Gasteiger partial charge on any atom is 0.234 e. The molecule has 6 nitrogen and oxygen atoms in total. The summed E-state index contributed by atoms with van der Waals surface area (Å²) in [7, 11) is 1.63. The SMILES string of the molecule is COc1ccc(SCC(=O)Nc2ccc(-n3cncn3)cc2)cc1. The van der Waals surface area contributed by atoms with Crippen LogP contribution in [0, 0.1) is 0 Å². The Hall–Kier alpha value is -2.80. The first kappa shape index (κ1) is 16.1. The molecule has 122 valence electrons. The smallest absolute Gasteiger partial charge is 0.234 e. The van der Waals surface area contributed by atoms with E-state index in [9.17, 15) is 4.79 Å². The summed E-state index contributed by atoms with van der Waals surface area (Å²) in [6.45, 7) is 0. The quantitative estimate of drug-likeness (QED) is 0.699. The fourth-order valence-corrected chi connectivity index (χ4v) is 2.76. The summed E-state index contributed by atoms with van der Waals surface area (Å²) < 4.78 is 6.77. The summed E-state index contributed by atoms with van der Waals surface area (Å²) in [6, 6.07) is 15.1. The van der Waals surface area contributed by atoms with Crippen molar-refractivity contribution >= 4 is 23.4 Å². The Morgan fingerprint density at radius 3 is 2.54 bits per heavy atom. The lowest BCUT2D eigenvalue weighted by molar-refractivity contribution is -0.113. The predicted octanol–water partition coefficient (Wildman–Crippen LogP) is 3.01. The fraction of sp³-hybridized carbons (Fsp3) is 0.118. The van der Waals surface area contributed by atoms with Gasteiger partial charge in [-0.3, -0.25) is 4.79 Å². The lowest BCUT2D eigenvalue weighted by Gasteiger charge is -2.07. The standard InChI is InChI=1S/C17H16N4O2S/c1-23-15-6-8-16(9-7-15)24-10-17(22)20-13-2-4-14(5-3-13)21-12-18-11-19-21/h2-9,11-12H,10H2,1H3,(H,20,22). The first-order valence-corrected chi connectivity index (χ1v) is 8.25. The van der Waals surface area contributed by atoms with Crippen LogP contribution in [0.2, 0.25) is 0 Å². The number of nitrogens with one attached hydrogen (secondary N) is 1. The van der Waals surface area contributed by atoms with Crippen molar-refractivity contribution in [2.75, 3.05) is 18.2 Å². The van der Waals surface area contributed by atoms with E-state index in [1.54, 1.807) is 18.1 Å². The number of anilines is 1. The average molecular weight is 340 g/mol. The highest BCUT2D eigenvalue weighted by atomic mass is 32.2. The Bertz CT molecular complexity index is 786. The number of rotatable bonds is 6. The fourth-order valence-electron chi connectivity index (χ4n) is 2.06. The van der Waals surface area contributed by atoms with E-state index in [1.165, 1.54) is 18.1 Å². The largest absolute Gasteiger partial charge is 0.497 e. The predicted molar refractivity (Wildman–Crippen MR) is 93.7 cm³/mol. The van der Waals surface area contributed by atoms with Gasteiger partial charge in [-0.1, -0.05) is 0 Å². The minimum absolute atomic E-state index is 0.0516. The third kappa shape index (κ3) is 4.14. The van der Waals surface area contributed by atoms with Crippen molar-refractivity contribution in [3.8, 4) is 11.4 Å². The van der Waals surface area contributed by atoms with Gasteiger partial charge in [0.2, 0.25) is 5.91 Å². The van der Waals surface area contributed by atoms with Crippen molar-refractivity contribution in [1.82, 2.24) is 14.8 Å². The summed E-state index contributed by atoms with van der Waals surface area (Å²) in [6.07, 6.45) is 3.10. The molecule has 0 fully saturated rings. The Morgan fingerprint density at radius 1 is 1.17 bits per heavy atom. The van der Waals surface area contributed by atoms with Crippen LogP contribution in [0.5, 0.6) is 5.75 Å². The molecule has 3 rings (SSSR count). The van der Waals surface area contributed by atoms with Crippen molar-refractivity contribution in [1.29, 1.82) is 0 Å². The molecule has 0 radical (unpaired) electrons. The molecule has 0 saturated heterocycles. The zero-order valence-corrected chi connectivity index (χ0v) is 13.9. The number of hydrogen-bond acceptors (Lipinski definition) is 5. The highest BCUT2D eigenvalue weighted by molar-refractivity contribution is 8.00. The number of nitrogens with zero attached hydrogens (tertiary/aromatic N) is 3. The number of hydrogen-bond donors (Lipinski definition) is 1. The molecule has 0 bridgehead atoms.